The first-order valence-corrected chi connectivity index (χ1v) is 6.03. The molecular formula is C13H8Cl2O4. The number of rotatable bonds is 4. The summed E-state index contributed by atoms with van der Waals surface area (Å²) in [5.41, 5.74) is 0.674. The van der Waals surface area contributed by atoms with Crippen molar-refractivity contribution in [3.8, 4) is 0 Å². The lowest BCUT2D eigenvalue weighted by Gasteiger charge is -2.01. The van der Waals surface area contributed by atoms with Gasteiger partial charge in [-0.15, -0.1) is 0 Å². The molecule has 0 saturated carbocycles. The molecular weight excluding hydrogens is 291 g/mol. The number of ketones is 1. The second-order valence-electron chi connectivity index (χ2n) is 3.82. The van der Waals surface area contributed by atoms with E-state index in [1.807, 2.05) is 0 Å². The molecule has 0 unspecified atom stereocenters. The summed E-state index contributed by atoms with van der Waals surface area (Å²) in [6.45, 7) is 0. The van der Waals surface area contributed by atoms with E-state index >= 15 is 0 Å². The molecule has 1 aromatic carbocycles. The minimum Gasteiger partial charge on any atom is -0.475 e. The van der Waals surface area contributed by atoms with Gasteiger partial charge in [0.2, 0.25) is 11.5 Å². The van der Waals surface area contributed by atoms with Gasteiger partial charge in [-0.2, -0.15) is 0 Å². The maximum atomic E-state index is 11.9. The third kappa shape index (κ3) is 3.16. The minimum atomic E-state index is -1.21. The average molecular weight is 299 g/mol. The predicted molar refractivity (Wildman–Crippen MR) is 70.2 cm³/mol. The number of carbonyl (C=O) groups is 2. The van der Waals surface area contributed by atoms with E-state index in [2.05, 4.69) is 0 Å². The van der Waals surface area contributed by atoms with Crippen molar-refractivity contribution < 1.29 is 19.1 Å². The van der Waals surface area contributed by atoms with Crippen LogP contribution in [0.2, 0.25) is 10.0 Å². The van der Waals surface area contributed by atoms with Crippen molar-refractivity contribution in [2.45, 2.75) is 6.42 Å². The first-order valence-electron chi connectivity index (χ1n) is 5.27. The molecule has 0 spiro atoms. The number of carbonyl (C=O) groups excluding carboxylic acids is 1. The Morgan fingerprint density at radius 1 is 1.05 bits per heavy atom. The Balaban J connectivity index is 2.15. The van der Waals surface area contributed by atoms with Crippen molar-refractivity contribution in [1.29, 1.82) is 0 Å². The number of furan rings is 1. The van der Waals surface area contributed by atoms with E-state index in [-0.39, 0.29) is 23.7 Å². The van der Waals surface area contributed by atoms with E-state index in [9.17, 15) is 9.59 Å². The van der Waals surface area contributed by atoms with Crippen molar-refractivity contribution in [2.75, 3.05) is 0 Å². The van der Waals surface area contributed by atoms with Gasteiger partial charge in [0.15, 0.2) is 5.76 Å². The quantitative estimate of drug-likeness (QED) is 0.874. The number of halogens is 2. The van der Waals surface area contributed by atoms with Crippen molar-refractivity contribution in [3.05, 3.63) is 57.5 Å². The summed E-state index contributed by atoms with van der Waals surface area (Å²) >= 11 is 11.6. The highest BCUT2D eigenvalue weighted by molar-refractivity contribution is 6.42. The summed E-state index contributed by atoms with van der Waals surface area (Å²) in [5.74, 6) is -1.81. The summed E-state index contributed by atoms with van der Waals surface area (Å²) in [6.07, 6.45) is 0.0590. The number of carboxylic acids is 1. The van der Waals surface area contributed by atoms with Gasteiger partial charge < -0.3 is 9.52 Å². The molecule has 98 valence electrons. The topological polar surface area (TPSA) is 67.5 Å². The van der Waals surface area contributed by atoms with Crippen LogP contribution in [-0.4, -0.2) is 16.9 Å². The summed E-state index contributed by atoms with van der Waals surface area (Å²) in [6, 6.07) is 7.43. The fourth-order valence-electron chi connectivity index (χ4n) is 1.52. The fourth-order valence-corrected chi connectivity index (χ4v) is 1.85. The van der Waals surface area contributed by atoms with E-state index in [0.717, 1.165) is 0 Å². The molecule has 1 aromatic heterocycles. The standard InChI is InChI=1S/C13H8Cl2O4/c14-8-2-1-7(5-9(8)15)6-10(16)11-3-4-12(19-11)13(17)18/h1-5H,6H2,(H,17,18). The fraction of sp³-hybridized carbons (Fsp3) is 0.0769. The normalized spacial score (nSPS) is 10.4. The summed E-state index contributed by atoms with van der Waals surface area (Å²) in [7, 11) is 0. The number of hydrogen-bond donors (Lipinski definition) is 1. The number of Topliss-reactive ketones (excluding diaryl/α,β-unsaturated/α-hetero) is 1. The lowest BCUT2D eigenvalue weighted by molar-refractivity contribution is 0.0660. The second kappa shape index (κ2) is 5.47. The first-order chi connectivity index (χ1) is 8.97. The van der Waals surface area contributed by atoms with Crippen LogP contribution in [0.5, 0.6) is 0 Å². The summed E-state index contributed by atoms with van der Waals surface area (Å²) < 4.78 is 4.92. The lowest BCUT2D eigenvalue weighted by atomic mass is 10.1. The highest BCUT2D eigenvalue weighted by Gasteiger charge is 2.15. The zero-order valence-electron chi connectivity index (χ0n) is 9.52. The zero-order valence-corrected chi connectivity index (χ0v) is 11.0. The Morgan fingerprint density at radius 2 is 1.74 bits per heavy atom. The number of benzene rings is 1. The molecule has 0 aliphatic rings. The van der Waals surface area contributed by atoms with Gasteiger partial charge >= 0.3 is 5.97 Å². The molecule has 1 N–H and O–H groups in total. The first kappa shape index (κ1) is 13.6. The molecule has 0 atom stereocenters. The smallest absolute Gasteiger partial charge is 0.371 e. The van der Waals surface area contributed by atoms with Crippen LogP contribution in [0, 0.1) is 0 Å². The van der Waals surface area contributed by atoms with Gasteiger partial charge in [-0.25, -0.2) is 4.79 Å². The second-order valence-corrected chi connectivity index (χ2v) is 4.63. The Kier molecular flexibility index (Phi) is 3.93. The highest BCUT2D eigenvalue weighted by Crippen LogP contribution is 2.23. The van der Waals surface area contributed by atoms with Crippen LogP contribution < -0.4 is 0 Å². The van der Waals surface area contributed by atoms with Gasteiger partial charge in [0.25, 0.3) is 0 Å². The van der Waals surface area contributed by atoms with Crippen LogP contribution in [-0.2, 0) is 6.42 Å². The van der Waals surface area contributed by atoms with Gasteiger partial charge in [-0.05, 0) is 29.8 Å². The number of hydrogen-bond acceptors (Lipinski definition) is 3. The van der Waals surface area contributed by atoms with Crippen LogP contribution in [0.25, 0.3) is 0 Å². The maximum Gasteiger partial charge on any atom is 0.371 e. The molecule has 2 rings (SSSR count). The summed E-state index contributed by atoms with van der Waals surface area (Å²) in [4.78, 5) is 22.5. The third-order valence-electron chi connectivity index (χ3n) is 2.44. The van der Waals surface area contributed by atoms with Crippen LogP contribution >= 0.6 is 23.2 Å². The van der Waals surface area contributed by atoms with Gasteiger partial charge in [-0.3, -0.25) is 4.79 Å². The zero-order chi connectivity index (χ0) is 14.0. The SMILES string of the molecule is O=C(O)c1ccc(C(=O)Cc2ccc(Cl)c(Cl)c2)o1. The van der Waals surface area contributed by atoms with Gasteiger partial charge in [0, 0.05) is 6.42 Å². The monoisotopic (exact) mass is 298 g/mol. The van der Waals surface area contributed by atoms with Crippen LogP contribution in [0.4, 0.5) is 0 Å². The summed E-state index contributed by atoms with van der Waals surface area (Å²) in [5, 5.41) is 9.46. The Hall–Kier alpha value is -1.78. The van der Waals surface area contributed by atoms with E-state index in [1.165, 1.54) is 12.1 Å². The van der Waals surface area contributed by atoms with Crippen molar-refractivity contribution in [3.63, 3.8) is 0 Å². The molecule has 2 aromatic rings. The van der Waals surface area contributed by atoms with Gasteiger partial charge in [0.1, 0.15) is 0 Å². The van der Waals surface area contributed by atoms with Crippen molar-refractivity contribution in [2.24, 2.45) is 0 Å². The minimum absolute atomic E-state index is 0.00322. The Labute approximate surface area is 118 Å². The highest BCUT2D eigenvalue weighted by atomic mass is 35.5. The lowest BCUT2D eigenvalue weighted by Crippen LogP contribution is -2.02. The molecule has 0 radical (unpaired) electrons. The van der Waals surface area contributed by atoms with Crippen LogP contribution in [0.1, 0.15) is 26.7 Å². The molecule has 19 heavy (non-hydrogen) atoms. The molecule has 0 aliphatic heterocycles. The molecule has 0 aliphatic carbocycles. The molecule has 0 amide bonds. The Morgan fingerprint density at radius 3 is 2.32 bits per heavy atom. The third-order valence-corrected chi connectivity index (χ3v) is 3.18. The van der Waals surface area contributed by atoms with Crippen LogP contribution in [0.3, 0.4) is 0 Å². The van der Waals surface area contributed by atoms with E-state index < -0.39 is 5.97 Å². The van der Waals surface area contributed by atoms with Gasteiger partial charge in [-0.1, -0.05) is 29.3 Å². The number of aromatic carboxylic acids is 1. The van der Waals surface area contributed by atoms with Crippen molar-refractivity contribution >= 4 is 35.0 Å². The van der Waals surface area contributed by atoms with E-state index in [4.69, 9.17) is 32.7 Å². The Bertz CT molecular complexity index is 646. The number of carboxylic acid groups (broad SMARTS) is 1. The molecule has 0 saturated heterocycles. The van der Waals surface area contributed by atoms with Gasteiger partial charge in [0.05, 0.1) is 10.0 Å². The molecule has 0 fully saturated rings. The molecule has 4 nitrogen and oxygen atoms in total. The predicted octanol–water partition coefficient (Wildman–Crippen LogP) is 3.71. The maximum absolute atomic E-state index is 11.9. The largest absolute Gasteiger partial charge is 0.475 e. The van der Waals surface area contributed by atoms with E-state index in [1.54, 1.807) is 18.2 Å². The molecule has 6 heteroatoms. The molecule has 0 bridgehead atoms. The van der Waals surface area contributed by atoms with Crippen LogP contribution in [0.15, 0.2) is 34.7 Å². The van der Waals surface area contributed by atoms with E-state index in [0.29, 0.717) is 15.6 Å². The molecule has 1 heterocycles. The van der Waals surface area contributed by atoms with Crippen molar-refractivity contribution in [1.82, 2.24) is 0 Å². The average Bonchev–Trinajstić information content (AvgIpc) is 2.83.